The number of halogens is 1. The van der Waals surface area contributed by atoms with Crippen LogP contribution in [0.2, 0.25) is 5.02 Å². The molecule has 0 atom stereocenters. The molecule has 1 aliphatic heterocycles. The summed E-state index contributed by atoms with van der Waals surface area (Å²) in [4.78, 5) is 13.6. The van der Waals surface area contributed by atoms with Crippen molar-refractivity contribution in [2.75, 3.05) is 46.4 Å². The second-order valence-electron chi connectivity index (χ2n) is 6.80. The number of hydrogen-bond acceptors (Lipinski definition) is 4. The lowest BCUT2D eigenvalue weighted by Crippen LogP contribution is -2.52. The fraction of sp³-hybridized carbons (Fsp3) is 0.429. The van der Waals surface area contributed by atoms with Crippen LogP contribution < -0.4 is 10.1 Å². The lowest BCUT2D eigenvalue weighted by atomic mass is 10.2. The van der Waals surface area contributed by atoms with Crippen molar-refractivity contribution in [1.29, 1.82) is 0 Å². The van der Waals surface area contributed by atoms with E-state index in [1.165, 1.54) is 5.56 Å². The van der Waals surface area contributed by atoms with Crippen molar-refractivity contribution in [3.05, 3.63) is 58.9 Å². The van der Waals surface area contributed by atoms with Gasteiger partial charge in [-0.15, -0.1) is 0 Å². The molecule has 2 aromatic rings. The fourth-order valence-electron chi connectivity index (χ4n) is 3.21. The predicted molar refractivity (Wildman–Crippen MR) is 114 cm³/mol. The van der Waals surface area contributed by atoms with E-state index in [0.29, 0.717) is 13.2 Å². The second-order valence-corrected chi connectivity index (χ2v) is 7.24. The number of nitrogens with one attached hydrogen (secondary N) is 1. The molecule has 0 saturated carbocycles. The molecule has 0 radical (unpaired) electrons. The Bertz CT molecular complexity index is 773. The van der Waals surface area contributed by atoms with Crippen LogP contribution in [0.4, 0.5) is 0 Å². The first-order chi connectivity index (χ1) is 13.7. The molecular formula is C21H28ClN5O. The highest BCUT2D eigenvalue weighted by atomic mass is 35.5. The zero-order chi connectivity index (χ0) is 19.8. The molecule has 28 heavy (non-hydrogen) atoms. The molecule has 6 nitrogen and oxygen atoms in total. The minimum absolute atomic E-state index is 0.674. The number of ether oxygens (including phenoxy) is 1. The van der Waals surface area contributed by atoms with Gasteiger partial charge in [-0.05, 0) is 42.8 Å². The molecular weight excluding hydrogens is 374 g/mol. The summed E-state index contributed by atoms with van der Waals surface area (Å²) >= 11 is 5.90. The molecule has 1 aliphatic rings. The van der Waals surface area contributed by atoms with Crippen LogP contribution in [0.15, 0.2) is 47.6 Å². The van der Waals surface area contributed by atoms with Crippen LogP contribution in [0, 0.1) is 6.92 Å². The van der Waals surface area contributed by atoms with Crippen LogP contribution in [-0.2, 0) is 6.54 Å². The van der Waals surface area contributed by atoms with Crippen LogP contribution in [-0.4, -0.2) is 67.1 Å². The first-order valence-electron chi connectivity index (χ1n) is 9.62. The quantitative estimate of drug-likeness (QED) is 0.595. The number of piperazine rings is 1. The Kier molecular flexibility index (Phi) is 7.51. The molecule has 1 aromatic carbocycles. The van der Waals surface area contributed by atoms with Gasteiger partial charge in [0.25, 0.3) is 0 Å². The summed E-state index contributed by atoms with van der Waals surface area (Å²) in [7, 11) is 1.83. The van der Waals surface area contributed by atoms with E-state index in [1.54, 1.807) is 0 Å². The normalized spacial score (nSPS) is 15.5. The second kappa shape index (κ2) is 10.3. The molecule has 1 N–H and O–H groups in total. The van der Waals surface area contributed by atoms with E-state index in [1.807, 2.05) is 43.6 Å². The molecule has 1 aromatic heterocycles. The van der Waals surface area contributed by atoms with Gasteiger partial charge in [0.05, 0.1) is 12.2 Å². The molecule has 0 bridgehead atoms. The van der Waals surface area contributed by atoms with Crippen molar-refractivity contribution in [2.45, 2.75) is 13.5 Å². The number of hydrogen-bond donors (Lipinski definition) is 1. The average Bonchev–Trinajstić information content (AvgIpc) is 2.72. The van der Waals surface area contributed by atoms with E-state index in [0.717, 1.165) is 55.1 Å². The van der Waals surface area contributed by atoms with E-state index in [2.05, 4.69) is 38.1 Å². The van der Waals surface area contributed by atoms with Gasteiger partial charge in [-0.2, -0.15) is 0 Å². The number of guanidine groups is 1. The van der Waals surface area contributed by atoms with Crippen LogP contribution in [0.1, 0.15) is 11.3 Å². The number of rotatable bonds is 6. The molecule has 150 valence electrons. The minimum atomic E-state index is 0.674. The Morgan fingerprint density at radius 1 is 1.18 bits per heavy atom. The van der Waals surface area contributed by atoms with Gasteiger partial charge in [0.1, 0.15) is 12.4 Å². The molecule has 7 heteroatoms. The molecule has 0 aliphatic carbocycles. The highest BCUT2D eigenvalue weighted by molar-refractivity contribution is 6.30. The van der Waals surface area contributed by atoms with Crippen molar-refractivity contribution in [3.8, 4) is 5.75 Å². The maximum absolute atomic E-state index is 5.90. The van der Waals surface area contributed by atoms with Crippen molar-refractivity contribution >= 4 is 17.6 Å². The fourth-order valence-corrected chi connectivity index (χ4v) is 3.33. The number of nitrogens with zero attached hydrogens (tertiary/aromatic N) is 4. The van der Waals surface area contributed by atoms with Gasteiger partial charge < -0.3 is 15.0 Å². The zero-order valence-electron chi connectivity index (χ0n) is 16.6. The molecule has 0 unspecified atom stereocenters. The Morgan fingerprint density at radius 3 is 2.61 bits per heavy atom. The Balaban J connectivity index is 1.39. The molecule has 2 heterocycles. The summed E-state index contributed by atoms with van der Waals surface area (Å²) in [5.74, 6) is 1.79. The van der Waals surface area contributed by atoms with Crippen molar-refractivity contribution in [1.82, 2.24) is 20.1 Å². The highest BCUT2D eigenvalue weighted by Crippen LogP contribution is 2.15. The van der Waals surface area contributed by atoms with Crippen molar-refractivity contribution < 1.29 is 4.74 Å². The van der Waals surface area contributed by atoms with Crippen LogP contribution in [0.3, 0.4) is 0 Å². The van der Waals surface area contributed by atoms with E-state index in [-0.39, 0.29) is 0 Å². The smallest absolute Gasteiger partial charge is 0.194 e. The average molecular weight is 402 g/mol. The van der Waals surface area contributed by atoms with Gasteiger partial charge >= 0.3 is 0 Å². The monoisotopic (exact) mass is 401 g/mol. The molecule has 3 rings (SSSR count). The SMILES string of the molecule is CN=C(NCc1ncccc1C)N1CCN(CCOc2ccc(Cl)cc2)CC1. The first kappa shape index (κ1) is 20.4. The van der Waals surface area contributed by atoms with Gasteiger partial charge in [0.15, 0.2) is 5.96 Å². The molecule has 0 spiro atoms. The highest BCUT2D eigenvalue weighted by Gasteiger charge is 2.19. The van der Waals surface area contributed by atoms with Gasteiger partial charge in [0.2, 0.25) is 0 Å². The van der Waals surface area contributed by atoms with Crippen molar-refractivity contribution in [2.24, 2.45) is 4.99 Å². The molecule has 0 amide bonds. The minimum Gasteiger partial charge on any atom is -0.492 e. The Labute approximate surface area is 172 Å². The Hall–Kier alpha value is -2.31. The number of pyridine rings is 1. The molecule has 1 saturated heterocycles. The number of aliphatic imine (C=N–C) groups is 1. The van der Waals surface area contributed by atoms with Crippen molar-refractivity contribution in [3.63, 3.8) is 0 Å². The summed E-state index contributed by atoms with van der Waals surface area (Å²) in [6.45, 7) is 8.24. The largest absolute Gasteiger partial charge is 0.492 e. The number of aryl methyl sites for hydroxylation is 1. The summed E-state index contributed by atoms with van der Waals surface area (Å²) in [5, 5.41) is 4.17. The third-order valence-electron chi connectivity index (χ3n) is 4.91. The van der Waals surface area contributed by atoms with Gasteiger partial charge in [-0.1, -0.05) is 17.7 Å². The van der Waals surface area contributed by atoms with E-state index in [4.69, 9.17) is 16.3 Å². The van der Waals surface area contributed by atoms with E-state index in [9.17, 15) is 0 Å². The Morgan fingerprint density at radius 2 is 1.93 bits per heavy atom. The zero-order valence-corrected chi connectivity index (χ0v) is 17.3. The standard InChI is InChI=1S/C21H28ClN5O/c1-17-4-3-9-24-20(17)16-25-21(23-2)27-12-10-26(11-13-27)14-15-28-19-7-5-18(22)6-8-19/h3-9H,10-16H2,1-2H3,(H,23,25). The summed E-state index contributed by atoms with van der Waals surface area (Å²) < 4.78 is 5.80. The van der Waals surface area contributed by atoms with Crippen LogP contribution in [0.25, 0.3) is 0 Å². The van der Waals surface area contributed by atoms with E-state index >= 15 is 0 Å². The van der Waals surface area contributed by atoms with Crippen LogP contribution >= 0.6 is 11.6 Å². The third-order valence-corrected chi connectivity index (χ3v) is 5.16. The number of benzene rings is 1. The van der Waals surface area contributed by atoms with Crippen LogP contribution in [0.5, 0.6) is 5.75 Å². The lowest BCUT2D eigenvalue weighted by Gasteiger charge is -2.36. The van der Waals surface area contributed by atoms with E-state index < -0.39 is 0 Å². The summed E-state index contributed by atoms with van der Waals surface area (Å²) in [5.41, 5.74) is 2.25. The lowest BCUT2D eigenvalue weighted by molar-refractivity contribution is 0.152. The van der Waals surface area contributed by atoms with Gasteiger partial charge in [-0.3, -0.25) is 14.9 Å². The molecule has 1 fully saturated rings. The summed E-state index contributed by atoms with van der Waals surface area (Å²) in [6, 6.07) is 11.5. The maximum atomic E-state index is 5.90. The number of aromatic nitrogens is 1. The topological polar surface area (TPSA) is 53.0 Å². The first-order valence-corrected chi connectivity index (χ1v) is 10.0. The van der Waals surface area contributed by atoms with Gasteiger partial charge in [-0.25, -0.2) is 0 Å². The predicted octanol–water partition coefficient (Wildman–Crippen LogP) is 2.82. The van der Waals surface area contributed by atoms with Gasteiger partial charge in [0, 0.05) is 51.0 Å². The third kappa shape index (κ3) is 5.84. The maximum Gasteiger partial charge on any atom is 0.194 e. The summed E-state index contributed by atoms with van der Waals surface area (Å²) in [6.07, 6.45) is 1.83.